The van der Waals surface area contributed by atoms with Gasteiger partial charge in [-0.2, -0.15) is 0 Å². The zero-order chi connectivity index (χ0) is 9.26. The molecule has 1 N–H and O–H groups in total. The van der Waals surface area contributed by atoms with Crippen molar-refractivity contribution in [2.45, 2.75) is 25.7 Å². The van der Waals surface area contributed by atoms with Gasteiger partial charge < -0.3 is 9.88 Å². The van der Waals surface area contributed by atoms with Crippen molar-refractivity contribution >= 4 is 0 Å². The van der Waals surface area contributed by atoms with E-state index in [0.717, 1.165) is 5.92 Å². The molecule has 72 valence electrons. The molecule has 0 atom stereocenters. The van der Waals surface area contributed by atoms with Crippen LogP contribution in [0.15, 0.2) is 12.3 Å². The molecule has 1 aliphatic heterocycles. The van der Waals surface area contributed by atoms with E-state index < -0.39 is 0 Å². The van der Waals surface area contributed by atoms with Gasteiger partial charge in [-0.05, 0) is 57.5 Å². The lowest BCUT2D eigenvalue weighted by Crippen LogP contribution is -2.29. The van der Waals surface area contributed by atoms with Crippen LogP contribution in [0.25, 0.3) is 0 Å². The van der Waals surface area contributed by atoms with Crippen LogP contribution >= 0.6 is 0 Å². The second kappa shape index (κ2) is 3.54. The van der Waals surface area contributed by atoms with E-state index in [2.05, 4.69) is 36.1 Å². The van der Waals surface area contributed by atoms with Gasteiger partial charge in [-0.1, -0.05) is 0 Å². The SMILES string of the molecule is Cc1[nH]ccc1C1CCN(C)CC1. The van der Waals surface area contributed by atoms with E-state index in [1.54, 1.807) is 0 Å². The van der Waals surface area contributed by atoms with Crippen LogP contribution in [0.2, 0.25) is 0 Å². The zero-order valence-corrected chi connectivity index (χ0v) is 8.51. The van der Waals surface area contributed by atoms with Gasteiger partial charge in [0, 0.05) is 11.9 Å². The molecule has 0 aliphatic carbocycles. The summed E-state index contributed by atoms with van der Waals surface area (Å²) in [6, 6.07) is 2.24. The van der Waals surface area contributed by atoms with Gasteiger partial charge in [0.25, 0.3) is 0 Å². The van der Waals surface area contributed by atoms with Crippen LogP contribution in [0, 0.1) is 6.92 Å². The highest BCUT2D eigenvalue weighted by Crippen LogP contribution is 2.28. The standard InChI is InChI=1S/C11H18N2/c1-9-11(3-6-12-9)10-4-7-13(2)8-5-10/h3,6,10,12H,4-5,7-8H2,1-2H3. The number of hydrogen-bond acceptors (Lipinski definition) is 1. The molecule has 1 aromatic rings. The lowest BCUT2D eigenvalue weighted by atomic mass is 9.90. The number of likely N-dealkylation sites (tertiary alicyclic amines) is 1. The molecular formula is C11H18N2. The molecule has 0 spiro atoms. The highest BCUT2D eigenvalue weighted by atomic mass is 15.1. The minimum atomic E-state index is 0.794. The Morgan fingerprint density at radius 3 is 2.62 bits per heavy atom. The maximum atomic E-state index is 3.26. The minimum absolute atomic E-state index is 0.794. The molecule has 0 amide bonds. The van der Waals surface area contributed by atoms with Crippen molar-refractivity contribution in [1.29, 1.82) is 0 Å². The van der Waals surface area contributed by atoms with Crippen molar-refractivity contribution < 1.29 is 0 Å². The Kier molecular flexibility index (Phi) is 2.40. The van der Waals surface area contributed by atoms with Crippen LogP contribution in [0.1, 0.15) is 30.0 Å². The van der Waals surface area contributed by atoms with Gasteiger partial charge >= 0.3 is 0 Å². The molecule has 0 aromatic carbocycles. The fourth-order valence-electron chi connectivity index (χ4n) is 2.23. The van der Waals surface area contributed by atoms with Crippen LogP contribution in [-0.4, -0.2) is 30.0 Å². The van der Waals surface area contributed by atoms with E-state index >= 15 is 0 Å². The molecule has 0 bridgehead atoms. The summed E-state index contributed by atoms with van der Waals surface area (Å²) in [5.41, 5.74) is 2.89. The van der Waals surface area contributed by atoms with Crippen molar-refractivity contribution in [1.82, 2.24) is 9.88 Å². The number of nitrogens with one attached hydrogen (secondary N) is 1. The summed E-state index contributed by atoms with van der Waals surface area (Å²) in [6.07, 6.45) is 4.69. The number of aromatic nitrogens is 1. The molecule has 0 unspecified atom stereocenters. The fourth-order valence-corrected chi connectivity index (χ4v) is 2.23. The summed E-state index contributed by atoms with van der Waals surface area (Å²) in [4.78, 5) is 5.68. The van der Waals surface area contributed by atoms with Gasteiger partial charge in [0.2, 0.25) is 0 Å². The van der Waals surface area contributed by atoms with Crippen molar-refractivity contribution in [3.05, 3.63) is 23.5 Å². The summed E-state index contributed by atoms with van der Waals surface area (Å²) in [5.74, 6) is 0.794. The molecular weight excluding hydrogens is 160 g/mol. The smallest absolute Gasteiger partial charge is 0.0150 e. The first-order valence-electron chi connectivity index (χ1n) is 5.10. The Labute approximate surface area is 79.9 Å². The number of aryl methyl sites for hydroxylation is 1. The van der Waals surface area contributed by atoms with Crippen LogP contribution in [0.3, 0.4) is 0 Å². The molecule has 0 radical (unpaired) electrons. The quantitative estimate of drug-likeness (QED) is 0.698. The zero-order valence-electron chi connectivity index (χ0n) is 8.51. The molecule has 2 heteroatoms. The van der Waals surface area contributed by atoms with Crippen molar-refractivity contribution in [2.24, 2.45) is 0 Å². The Balaban J connectivity index is 2.06. The van der Waals surface area contributed by atoms with Gasteiger partial charge in [-0.25, -0.2) is 0 Å². The first-order valence-corrected chi connectivity index (χ1v) is 5.10. The number of hydrogen-bond donors (Lipinski definition) is 1. The number of piperidine rings is 1. The highest BCUT2D eigenvalue weighted by molar-refractivity contribution is 5.24. The Bertz CT molecular complexity index is 269. The molecule has 1 aliphatic rings. The molecule has 1 fully saturated rings. The van der Waals surface area contributed by atoms with E-state index in [9.17, 15) is 0 Å². The maximum absolute atomic E-state index is 3.26. The Morgan fingerprint density at radius 2 is 2.08 bits per heavy atom. The molecule has 2 heterocycles. The third kappa shape index (κ3) is 1.78. The topological polar surface area (TPSA) is 19.0 Å². The monoisotopic (exact) mass is 178 g/mol. The number of H-pyrrole nitrogens is 1. The predicted molar refractivity (Wildman–Crippen MR) is 55.0 cm³/mol. The number of aromatic amines is 1. The first-order chi connectivity index (χ1) is 6.27. The largest absolute Gasteiger partial charge is 0.365 e. The first kappa shape index (κ1) is 8.82. The predicted octanol–water partition coefficient (Wildman–Crippen LogP) is 2.13. The average molecular weight is 178 g/mol. The Morgan fingerprint density at radius 1 is 1.38 bits per heavy atom. The van der Waals surface area contributed by atoms with Crippen molar-refractivity contribution in [2.75, 3.05) is 20.1 Å². The summed E-state index contributed by atoms with van der Waals surface area (Å²) in [6.45, 7) is 4.66. The van der Waals surface area contributed by atoms with E-state index in [-0.39, 0.29) is 0 Å². The normalized spacial score (nSPS) is 20.8. The molecule has 1 aromatic heterocycles. The summed E-state index contributed by atoms with van der Waals surface area (Å²) in [7, 11) is 2.21. The molecule has 13 heavy (non-hydrogen) atoms. The molecule has 2 rings (SSSR count). The summed E-state index contributed by atoms with van der Waals surface area (Å²) < 4.78 is 0. The summed E-state index contributed by atoms with van der Waals surface area (Å²) in [5, 5.41) is 0. The third-order valence-electron chi connectivity index (χ3n) is 3.15. The van der Waals surface area contributed by atoms with E-state index in [1.165, 1.54) is 37.2 Å². The van der Waals surface area contributed by atoms with Gasteiger partial charge in [0.1, 0.15) is 0 Å². The van der Waals surface area contributed by atoms with Crippen LogP contribution < -0.4 is 0 Å². The van der Waals surface area contributed by atoms with Crippen molar-refractivity contribution in [3.8, 4) is 0 Å². The lowest BCUT2D eigenvalue weighted by Gasteiger charge is -2.29. The molecule has 2 nitrogen and oxygen atoms in total. The van der Waals surface area contributed by atoms with Gasteiger partial charge in [0.05, 0.1) is 0 Å². The van der Waals surface area contributed by atoms with E-state index in [0.29, 0.717) is 0 Å². The van der Waals surface area contributed by atoms with Gasteiger partial charge in [0.15, 0.2) is 0 Å². The molecule has 0 saturated carbocycles. The van der Waals surface area contributed by atoms with Crippen molar-refractivity contribution in [3.63, 3.8) is 0 Å². The average Bonchev–Trinajstić information content (AvgIpc) is 2.53. The van der Waals surface area contributed by atoms with Crippen LogP contribution in [0.5, 0.6) is 0 Å². The van der Waals surface area contributed by atoms with Gasteiger partial charge in [-0.3, -0.25) is 0 Å². The highest BCUT2D eigenvalue weighted by Gasteiger charge is 2.19. The second-order valence-corrected chi connectivity index (χ2v) is 4.14. The second-order valence-electron chi connectivity index (χ2n) is 4.14. The van der Waals surface area contributed by atoms with E-state index in [4.69, 9.17) is 0 Å². The lowest BCUT2D eigenvalue weighted by molar-refractivity contribution is 0.255. The van der Waals surface area contributed by atoms with Crippen LogP contribution in [0.4, 0.5) is 0 Å². The maximum Gasteiger partial charge on any atom is 0.0150 e. The fraction of sp³-hybridized carbons (Fsp3) is 0.636. The Hall–Kier alpha value is -0.760. The van der Waals surface area contributed by atoms with Crippen LogP contribution in [-0.2, 0) is 0 Å². The molecule has 1 saturated heterocycles. The number of rotatable bonds is 1. The third-order valence-corrected chi connectivity index (χ3v) is 3.15. The van der Waals surface area contributed by atoms with E-state index in [1.807, 2.05) is 0 Å². The number of nitrogens with zero attached hydrogens (tertiary/aromatic N) is 1. The summed E-state index contributed by atoms with van der Waals surface area (Å²) >= 11 is 0. The minimum Gasteiger partial charge on any atom is -0.365 e. The van der Waals surface area contributed by atoms with Gasteiger partial charge in [-0.15, -0.1) is 0 Å².